The fourth-order valence-corrected chi connectivity index (χ4v) is 3.02. The van der Waals surface area contributed by atoms with Gasteiger partial charge in [0.05, 0.1) is 5.69 Å². The largest absolute Gasteiger partial charge is 0.313 e. The highest BCUT2D eigenvalue weighted by molar-refractivity contribution is 8.01. The van der Waals surface area contributed by atoms with Crippen LogP contribution in [0.25, 0.3) is 0 Å². The Labute approximate surface area is 117 Å². The Bertz CT molecular complexity index is 659. The van der Waals surface area contributed by atoms with Crippen molar-refractivity contribution in [2.45, 2.75) is 10.1 Å². The number of nitrogens with zero attached hydrogens (tertiary/aromatic N) is 4. The van der Waals surface area contributed by atoms with Gasteiger partial charge in [0.15, 0.2) is 5.25 Å². The summed E-state index contributed by atoms with van der Waals surface area (Å²) in [6, 6.07) is 7.43. The van der Waals surface area contributed by atoms with Gasteiger partial charge in [-0.3, -0.25) is 14.9 Å². The van der Waals surface area contributed by atoms with E-state index in [1.807, 2.05) is 24.3 Å². The maximum Gasteiger partial charge on any atom is 0.269 e. The van der Waals surface area contributed by atoms with E-state index in [1.165, 1.54) is 16.7 Å². The topological polar surface area (TPSA) is 104 Å². The third-order valence-corrected chi connectivity index (χ3v) is 4.10. The van der Waals surface area contributed by atoms with E-state index in [1.54, 1.807) is 7.05 Å². The summed E-state index contributed by atoms with van der Waals surface area (Å²) in [5.74, 6) is -0.706. The van der Waals surface area contributed by atoms with Crippen molar-refractivity contribution in [2.75, 3.05) is 17.3 Å². The zero-order chi connectivity index (χ0) is 14.1. The Morgan fingerprint density at radius 2 is 2.25 bits per heavy atom. The predicted molar refractivity (Wildman–Crippen MR) is 72.3 cm³/mol. The molecule has 2 heterocycles. The minimum atomic E-state index is -0.867. The number of nitrogens with one attached hydrogen (secondary N) is 2. The van der Waals surface area contributed by atoms with E-state index in [0.29, 0.717) is 0 Å². The number of benzene rings is 1. The number of fused-ring (bicyclic) bond motifs is 1. The second-order valence-electron chi connectivity index (χ2n) is 4.09. The van der Waals surface area contributed by atoms with Crippen LogP contribution in [0.2, 0.25) is 0 Å². The fourth-order valence-electron chi connectivity index (χ4n) is 1.86. The molecule has 0 saturated heterocycles. The van der Waals surface area contributed by atoms with Crippen LogP contribution in [0.15, 0.2) is 29.2 Å². The van der Waals surface area contributed by atoms with Crippen molar-refractivity contribution < 1.29 is 9.59 Å². The lowest BCUT2D eigenvalue weighted by Crippen LogP contribution is -2.44. The Balaban J connectivity index is 1.85. The van der Waals surface area contributed by atoms with Gasteiger partial charge >= 0.3 is 0 Å². The fraction of sp³-hybridized carbons (Fsp3) is 0.182. The molecule has 1 aliphatic rings. The average molecular weight is 290 g/mol. The smallest absolute Gasteiger partial charge is 0.269 e. The average Bonchev–Trinajstić information content (AvgIpc) is 2.95. The number of anilines is 2. The van der Waals surface area contributed by atoms with Crippen molar-refractivity contribution in [1.82, 2.24) is 20.6 Å². The number of aromatic amines is 1. The first-order chi connectivity index (χ1) is 9.66. The molecule has 2 N–H and O–H groups in total. The van der Waals surface area contributed by atoms with Gasteiger partial charge in [0, 0.05) is 11.9 Å². The van der Waals surface area contributed by atoms with Gasteiger partial charge in [-0.15, -0.1) is 16.9 Å². The molecule has 1 aliphatic heterocycles. The number of para-hydroxylation sites is 1. The predicted octanol–water partition coefficient (Wildman–Crippen LogP) is 0.275. The maximum absolute atomic E-state index is 12.2. The van der Waals surface area contributed by atoms with E-state index >= 15 is 0 Å². The first-order valence-corrected chi connectivity index (χ1v) is 6.62. The minimum Gasteiger partial charge on any atom is -0.313 e. The van der Waals surface area contributed by atoms with Crippen molar-refractivity contribution in [2.24, 2.45) is 0 Å². The molecule has 1 aromatic heterocycles. The molecule has 0 saturated carbocycles. The Hall–Kier alpha value is -2.42. The van der Waals surface area contributed by atoms with Crippen LogP contribution >= 0.6 is 11.8 Å². The normalized spacial score (nSPS) is 17.8. The van der Waals surface area contributed by atoms with E-state index in [-0.39, 0.29) is 11.9 Å². The quantitative estimate of drug-likeness (QED) is 0.770. The lowest BCUT2D eigenvalue weighted by molar-refractivity contribution is -0.124. The molecule has 0 spiro atoms. The van der Waals surface area contributed by atoms with E-state index in [0.717, 1.165) is 10.6 Å². The molecule has 1 atom stereocenters. The Kier molecular flexibility index (Phi) is 3.11. The first-order valence-electron chi connectivity index (χ1n) is 5.74. The van der Waals surface area contributed by atoms with Crippen molar-refractivity contribution in [3.63, 3.8) is 0 Å². The second-order valence-corrected chi connectivity index (χ2v) is 5.23. The second kappa shape index (κ2) is 4.93. The van der Waals surface area contributed by atoms with Gasteiger partial charge in [-0.2, -0.15) is 5.21 Å². The van der Waals surface area contributed by atoms with Gasteiger partial charge in [0.25, 0.3) is 5.95 Å². The SMILES string of the molecule is CN1C(=O)C(C(=O)Nc2nn[nH]n2)Sc2ccccc21. The molecule has 2 aromatic rings. The molecular formula is C11H10N6O2S. The first kappa shape index (κ1) is 12.6. The number of H-pyrrole nitrogens is 1. The zero-order valence-corrected chi connectivity index (χ0v) is 11.2. The molecule has 102 valence electrons. The third-order valence-electron chi connectivity index (χ3n) is 2.84. The molecule has 20 heavy (non-hydrogen) atoms. The van der Waals surface area contributed by atoms with Gasteiger partial charge < -0.3 is 4.90 Å². The number of thioether (sulfide) groups is 1. The summed E-state index contributed by atoms with van der Waals surface area (Å²) in [6.45, 7) is 0. The van der Waals surface area contributed by atoms with Gasteiger partial charge in [-0.25, -0.2) is 0 Å². The molecular weight excluding hydrogens is 280 g/mol. The number of carbonyl (C=O) groups excluding carboxylic acids is 2. The summed E-state index contributed by atoms with van der Waals surface area (Å²) in [5.41, 5.74) is 0.797. The van der Waals surface area contributed by atoms with Crippen LogP contribution < -0.4 is 10.2 Å². The number of tetrazole rings is 1. The number of aromatic nitrogens is 4. The summed E-state index contributed by atoms with van der Waals surface area (Å²) in [5, 5.41) is 14.4. The number of rotatable bonds is 2. The van der Waals surface area contributed by atoms with Crippen molar-refractivity contribution in [1.29, 1.82) is 0 Å². The monoisotopic (exact) mass is 290 g/mol. The molecule has 3 rings (SSSR count). The zero-order valence-electron chi connectivity index (χ0n) is 10.4. The highest BCUT2D eigenvalue weighted by Gasteiger charge is 2.36. The Morgan fingerprint density at radius 3 is 3.00 bits per heavy atom. The molecule has 0 radical (unpaired) electrons. The number of hydrogen-bond donors (Lipinski definition) is 2. The molecule has 1 aromatic carbocycles. The van der Waals surface area contributed by atoms with Crippen molar-refractivity contribution in [3.05, 3.63) is 24.3 Å². The van der Waals surface area contributed by atoms with Crippen LogP contribution in [0.1, 0.15) is 0 Å². The minimum absolute atomic E-state index is 0.0462. The highest BCUT2D eigenvalue weighted by Crippen LogP contribution is 2.38. The summed E-state index contributed by atoms with van der Waals surface area (Å²) >= 11 is 1.21. The van der Waals surface area contributed by atoms with Crippen LogP contribution in [0.4, 0.5) is 11.6 Å². The lowest BCUT2D eigenvalue weighted by atomic mass is 10.2. The molecule has 0 fully saturated rings. The molecule has 8 nitrogen and oxygen atoms in total. The summed E-state index contributed by atoms with van der Waals surface area (Å²) < 4.78 is 0. The summed E-state index contributed by atoms with van der Waals surface area (Å²) in [4.78, 5) is 26.7. The molecule has 9 heteroatoms. The lowest BCUT2D eigenvalue weighted by Gasteiger charge is -2.29. The maximum atomic E-state index is 12.2. The van der Waals surface area contributed by atoms with Crippen LogP contribution in [-0.2, 0) is 9.59 Å². The van der Waals surface area contributed by atoms with Gasteiger partial charge in [0.2, 0.25) is 11.8 Å². The van der Waals surface area contributed by atoms with Crippen molar-refractivity contribution in [3.8, 4) is 0 Å². The molecule has 2 amide bonds. The summed E-state index contributed by atoms with van der Waals surface area (Å²) in [7, 11) is 1.65. The third kappa shape index (κ3) is 2.11. The molecule has 1 unspecified atom stereocenters. The van der Waals surface area contributed by atoms with E-state index in [9.17, 15) is 9.59 Å². The van der Waals surface area contributed by atoms with Gasteiger partial charge in [0.1, 0.15) is 0 Å². The van der Waals surface area contributed by atoms with Crippen LogP contribution in [0.5, 0.6) is 0 Å². The number of carbonyl (C=O) groups is 2. The highest BCUT2D eigenvalue weighted by atomic mass is 32.2. The Morgan fingerprint density at radius 1 is 1.45 bits per heavy atom. The van der Waals surface area contributed by atoms with E-state index in [4.69, 9.17) is 0 Å². The van der Waals surface area contributed by atoms with Gasteiger partial charge in [-0.1, -0.05) is 17.2 Å². The van der Waals surface area contributed by atoms with E-state index < -0.39 is 11.2 Å². The number of hydrogen-bond acceptors (Lipinski definition) is 6. The standard InChI is InChI=1S/C11H10N6O2S/c1-17-6-4-2-3-5-7(6)20-8(10(17)19)9(18)12-11-13-15-16-14-11/h2-5,8H,1H3,(H2,12,13,14,15,16,18). The number of amides is 2. The molecule has 0 aliphatic carbocycles. The van der Waals surface area contributed by atoms with Crippen LogP contribution in [0, 0.1) is 0 Å². The summed E-state index contributed by atoms with van der Waals surface area (Å²) in [6.07, 6.45) is 0. The van der Waals surface area contributed by atoms with E-state index in [2.05, 4.69) is 25.9 Å². The van der Waals surface area contributed by atoms with Crippen LogP contribution in [-0.4, -0.2) is 44.7 Å². The van der Waals surface area contributed by atoms with Crippen LogP contribution in [0.3, 0.4) is 0 Å². The van der Waals surface area contributed by atoms with Gasteiger partial charge in [-0.05, 0) is 17.3 Å². The molecule has 0 bridgehead atoms. The van der Waals surface area contributed by atoms with Crippen molar-refractivity contribution >= 4 is 35.2 Å².